The summed E-state index contributed by atoms with van der Waals surface area (Å²) in [4.78, 5) is 16.4. The van der Waals surface area contributed by atoms with Gasteiger partial charge in [0.05, 0.1) is 18.5 Å². The molecular weight excluding hydrogens is 356 g/mol. The molecule has 2 aromatic carbocycles. The lowest BCUT2D eigenvalue weighted by Gasteiger charge is -2.40. The average molecular weight is 375 g/mol. The summed E-state index contributed by atoms with van der Waals surface area (Å²) >= 11 is 3.53. The maximum atomic E-state index is 12.5. The zero-order valence-corrected chi connectivity index (χ0v) is 15.0. The Labute approximate surface area is 144 Å². The molecule has 0 fully saturated rings. The number of anilines is 2. The predicted octanol–water partition coefficient (Wildman–Crippen LogP) is 3.83. The molecular formula is C18H19BrN2O2. The van der Waals surface area contributed by atoms with E-state index in [1.807, 2.05) is 50.4 Å². The third-order valence-electron chi connectivity index (χ3n) is 4.28. The van der Waals surface area contributed by atoms with E-state index in [9.17, 15) is 4.79 Å². The SMILES string of the molecule is COc1ccc(CN2c3cc(Br)ccc3N(C)C(=O)C2C)cc1. The molecule has 0 spiro atoms. The van der Waals surface area contributed by atoms with Gasteiger partial charge in [-0.2, -0.15) is 0 Å². The quantitative estimate of drug-likeness (QED) is 0.818. The van der Waals surface area contributed by atoms with Crippen molar-refractivity contribution in [3.8, 4) is 5.75 Å². The van der Waals surface area contributed by atoms with Crippen LogP contribution >= 0.6 is 15.9 Å². The molecule has 3 rings (SSSR count). The number of halogens is 1. The Morgan fingerprint density at radius 3 is 2.48 bits per heavy atom. The molecule has 0 N–H and O–H groups in total. The first kappa shape index (κ1) is 15.9. The number of likely N-dealkylation sites (N-methyl/N-ethyl adjacent to an activating group) is 1. The molecule has 0 bridgehead atoms. The van der Waals surface area contributed by atoms with Crippen molar-refractivity contribution < 1.29 is 9.53 Å². The number of amides is 1. The van der Waals surface area contributed by atoms with E-state index in [0.29, 0.717) is 6.54 Å². The molecule has 0 saturated heterocycles. The monoisotopic (exact) mass is 374 g/mol. The molecule has 2 aromatic rings. The van der Waals surface area contributed by atoms with E-state index in [4.69, 9.17) is 4.74 Å². The zero-order chi connectivity index (χ0) is 16.6. The van der Waals surface area contributed by atoms with E-state index in [1.165, 1.54) is 0 Å². The van der Waals surface area contributed by atoms with Crippen molar-refractivity contribution in [3.05, 3.63) is 52.5 Å². The van der Waals surface area contributed by atoms with Crippen LogP contribution in [0.2, 0.25) is 0 Å². The Morgan fingerprint density at radius 1 is 1.13 bits per heavy atom. The Morgan fingerprint density at radius 2 is 1.83 bits per heavy atom. The maximum Gasteiger partial charge on any atom is 0.249 e. The molecule has 23 heavy (non-hydrogen) atoms. The van der Waals surface area contributed by atoms with Crippen LogP contribution in [0.4, 0.5) is 11.4 Å². The highest BCUT2D eigenvalue weighted by Gasteiger charge is 2.33. The average Bonchev–Trinajstić information content (AvgIpc) is 2.57. The van der Waals surface area contributed by atoms with Crippen molar-refractivity contribution in [2.24, 2.45) is 0 Å². The fourth-order valence-corrected chi connectivity index (χ4v) is 3.25. The van der Waals surface area contributed by atoms with Crippen LogP contribution in [0.15, 0.2) is 46.9 Å². The number of ether oxygens (including phenoxy) is 1. The Balaban J connectivity index is 1.98. The predicted molar refractivity (Wildman–Crippen MR) is 96.2 cm³/mol. The summed E-state index contributed by atoms with van der Waals surface area (Å²) in [6.07, 6.45) is 0. The second-order valence-electron chi connectivity index (χ2n) is 5.68. The molecule has 120 valence electrons. The number of methoxy groups -OCH3 is 1. The summed E-state index contributed by atoms with van der Waals surface area (Å²) in [5.41, 5.74) is 3.13. The second-order valence-corrected chi connectivity index (χ2v) is 6.60. The van der Waals surface area contributed by atoms with Gasteiger partial charge in [0.2, 0.25) is 5.91 Å². The fourth-order valence-electron chi connectivity index (χ4n) is 2.90. The lowest BCUT2D eigenvalue weighted by Crippen LogP contribution is -2.50. The number of carbonyl (C=O) groups excluding carboxylic acids is 1. The Hall–Kier alpha value is -2.01. The van der Waals surface area contributed by atoms with Crippen molar-refractivity contribution in [2.45, 2.75) is 19.5 Å². The highest BCUT2D eigenvalue weighted by atomic mass is 79.9. The van der Waals surface area contributed by atoms with Gasteiger partial charge in [-0.1, -0.05) is 28.1 Å². The van der Waals surface area contributed by atoms with Crippen molar-refractivity contribution in [2.75, 3.05) is 24.0 Å². The van der Waals surface area contributed by atoms with E-state index >= 15 is 0 Å². The summed E-state index contributed by atoms with van der Waals surface area (Å²) in [6.45, 7) is 2.63. The first-order chi connectivity index (χ1) is 11.0. The third-order valence-corrected chi connectivity index (χ3v) is 4.77. The van der Waals surface area contributed by atoms with Crippen LogP contribution in [0.25, 0.3) is 0 Å². The summed E-state index contributed by atoms with van der Waals surface area (Å²) in [6, 6.07) is 13.8. The van der Waals surface area contributed by atoms with Crippen molar-refractivity contribution in [3.63, 3.8) is 0 Å². The first-order valence-corrected chi connectivity index (χ1v) is 8.27. The van der Waals surface area contributed by atoms with Crippen LogP contribution in [-0.2, 0) is 11.3 Å². The number of nitrogens with zero attached hydrogens (tertiary/aromatic N) is 2. The van der Waals surface area contributed by atoms with E-state index in [1.54, 1.807) is 12.0 Å². The van der Waals surface area contributed by atoms with Crippen molar-refractivity contribution in [1.29, 1.82) is 0 Å². The van der Waals surface area contributed by atoms with E-state index in [0.717, 1.165) is 27.2 Å². The molecule has 0 saturated carbocycles. The molecule has 5 heteroatoms. The second kappa shape index (κ2) is 6.24. The van der Waals surface area contributed by atoms with Crippen LogP contribution in [0, 0.1) is 0 Å². The van der Waals surface area contributed by atoms with Crippen molar-refractivity contribution in [1.82, 2.24) is 0 Å². The molecule has 1 heterocycles. The molecule has 1 amide bonds. The van der Waals surface area contributed by atoms with Crippen LogP contribution in [0.1, 0.15) is 12.5 Å². The van der Waals surface area contributed by atoms with Crippen molar-refractivity contribution >= 4 is 33.2 Å². The van der Waals surface area contributed by atoms with Gasteiger partial charge in [-0.05, 0) is 42.8 Å². The molecule has 1 unspecified atom stereocenters. The molecule has 1 aliphatic rings. The van der Waals surface area contributed by atoms with Gasteiger partial charge in [0.15, 0.2) is 0 Å². The smallest absolute Gasteiger partial charge is 0.249 e. The lowest BCUT2D eigenvalue weighted by atomic mass is 10.1. The minimum absolute atomic E-state index is 0.105. The first-order valence-electron chi connectivity index (χ1n) is 7.48. The van der Waals surface area contributed by atoms with Gasteiger partial charge in [-0.15, -0.1) is 0 Å². The normalized spacial score (nSPS) is 17.2. The lowest BCUT2D eigenvalue weighted by molar-refractivity contribution is -0.119. The summed E-state index contributed by atoms with van der Waals surface area (Å²) in [5, 5.41) is 0. The van der Waals surface area contributed by atoms with Gasteiger partial charge in [0, 0.05) is 18.1 Å². The number of hydrogen-bond donors (Lipinski definition) is 0. The van der Waals surface area contributed by atoms with Crippen LogP contribution in [0.3, 0.4) is 0 Å². The summed E-state index contributed by atoms with van der Waals surface area (Å²) in [5.74, 6) is 0.938. The van der Waals surface area contributed by atoms with E-state index in [-0.39, 0.29) is 11.9 Å². The number of rotatable bonds is 3. The standard InChI is InChI=1S/C18H19BrN2O2/c1-12-18(22)20(2)16-9-6-14(19)10-17(16)21(12)11-13-4-7-15(23-3)8-5-13/h4-10,12H,11H2,1-3H3. The van der Waals surface area contributed by atoms with E-state index in [2.05, 4.69) is 26.9 Å². The van der Waals surface area contributed by atoms with Gasteiger partial charge < -0.3 is 14.5 Å². The molecule has 0 aromatic heterocycles. The number of hydrogen-bond acceptors (Lipinski definition) is 3. The van der Waals surface area contributed by atoms with Gasteiger partial charge in [-0.3, -0.25) is 4.79 Å². The maximum absolute atomic E-state index is 12.5. The zero-order valence-electron chi connectivity index (χ0n) is 13.4. The minimum Gasteiger partial charge on any atom is -0.497 e. The van der Waals surface area contributed by atoms with Gasteiger partial charge in [0.1, 0.15) is 11.8 Å². The number of benzene rings is 2. The number of carbonyl (C=O) groups is 1. The largest absolute Gasteiger partial charge is 0.497 e. The Kier molecular flexibility index (Phi) is 4.31. The molecule has 0 radical (unpaired) electrons. The van der Waals surface area contributed by atoms with Gasteiger partial charge >= 0.3 is 0 Å². The van der Waals surface area contributed by atoms with Gasteiger partial charge in [0.25, 0.3) is 0 Å². The van der Waals surface area contributed by atoms with Gasteiger partial charge in [-0.25, -0.2) is 0 Å². The third kappa shape index (κ3) is 2.93. The number of fused-ring (bicyclic) bond motifs is 1. The topological polar surface area (TPSA) is 32.8 Å². The highest BCUT2D eigenvalue weighted by molar-refractivity contribution is 9.10. The van der Waals surface area contributed by atoms with E-state index < -0.39 is 0 Å². The molecule has 1 atom stereocenters. The highest BCUT2D eigenvalue weighted by Crippen LogP contribution is 2.38. The summed E-state index contributed by atoms with van der Waals surface area (Å²) < 4.78 is 6.21. The minimum atomic E-state index is -0.205. The molecule has 0 aliphatic carbocycles. The summed E-state index contributed by atoms with van der Waals surface area (Å²) in [7, 11) is 3.49. The fraction of sp³-hybridized carbons (Fsp3) is 0.278. The van der Waals surface area contributed by atoms with Crippen LogP contribution in [0.5, 0.6) is 5.75 Å². The van der Waals surface area contributed by atoms with Crippen LogP contribution in [-0.4, -0.2) is 26.1 Å². The van der Waals surface area contributed by atoms with Crippen LogP contribution < -0.4 is 14.5 Å². The molecule has 1 aliphatic heterocycles. The Bertz CT molecular complexity index is 730. The molecule has 4 nitrogen and oxygen atoms in total.